The highest BCUT2D eigenvalue weighted by Crippen LogP contribution is 2.26. The molecule has 164 valence electrons. The molecule has 6 nitrogen and oxygen atoms in total. The molecule has 0 spiro atoms. The third kappa shape index (κ3) is 5.08. The van der Waals surface area contributed by atoms with Gasteiger partial charge in [0.25, 0.3) is 0 Å². The maximum Gasteiger partial charge on any atom is 0.233 e. The van der Waals surface area contributed by atoms with Crippen LogP contribution in [-0.4, -0.2) is 38.4 Å². The molecule has 2 heterocycles. The number of hydrogen-bond donors (Lipinski definition) is 0. The summed E-state index contributed by atoms with van der Waals surface area (Å²) in [6.07, 6.45) is 1.63. The standard InChI is InChI=1S/C24H23FN4O2S/c1-17-7-5-9-18(13-17)23-26-27-24(29(23)15-20-10-6-12-31-20)32-16-22(30)28(2)14-19-8-3-4-11-21(19)25/h3-13H,14-16H2,1-2H3. The molecule has 0 saturated carbocycles. The Morgan fingerprint density at radius 1 is 1.12 bits per heavy atom. The first-order valence-corrected chi connectivity index (χ1v) is 11.1. The molecule has 0 aliphatic carbocycles. The van der Waals surface area contributed by atoms with E-state index in [0.29, 0.717) is 23.1 Å². The van der Waals surface area contributed by atoms with Crippen molar-refractivity contribution in [2.24, 2.45) is 0 Å². The molecule has 0 radical (unpaired) electrons. The zero-order chi connectivity index (χ0) is 22.5. The Morgan fingerprint density at radius 3 is 2.72 bits per heavy atom. The van der Waals surface area contributed by atoms with Crippen molar-refractivity contribution >= 4 is 17.7 Å². The molecule has 0 saturated heterocycles. The Morgan fingerprint density at radius 2 is 1.97 bits per heavy atom. The Bertz CT molecular complexity index is 1210. The highest BCUT2D eigenvalue weighted by atomic mass is 32.2. The molecule has 32 heavy (non-hydrogen) atoms. The molecule has 0 aliphatic heterocycles. The molecule has 0 atom stereocenters. The maximum absolute atomic E-state index is 13.9. The summed E-state index contributed by atoms with van der Waals surface area (Å²) in [4.78, 5) is 14.2. The van der Waals surface area contributed by atoms with Crippen LogP contribution in [0.1, 0.15) is 16.9 Å². The molecule has 0 aliphatic rings. The van der Waals surface area contributed by atoms with Gasteiger partial charge >= 0.3 is 0 Å². The highest BCUT2D eigenvalue weighted by molar-refractivity contribution is 7.99. The average molecular weight is 451 g/mol. The van der Waals surface area contributed by atoms with Crippen molar-refractivity contribution in [1.29, 1.82) is 0 Å². The average Bonchev–Trinajstić information content (AvgIpc) is 3.44. The summed E-state index contributed by atoms with van der Waals surface area (Å²) >= 11 is 1.30. The zero-order valence-electron chi connectivity index (χ0n) is 17.9. The van der Waals surface area contributed by atoms with E-state index in [9.17, 15) is 9.18 Å². The van der Waals surface area contributed by atoms with Gasteiger partial charge in [0, 0.05) is 24.7 Å². The molecule has 0 unspecified atom stereocenters. The van der Waals surface area contributed by atoms with Crippen molar-refractivity contribution in [1.82, 2.24) is 19.7 Å². The van der Waals surface area contributed by atoms with Gasteiger partial charge in [0.2, 0.25) is 5.91 Å². The topological polar surface area (TPSA) is 64.2 Å². The quantitative estimate of drug-likeness (QED) is 0.361. The van der Waals surface area contributed by atoms with E-state index < -0.39 is 0 Å². The van der Waals surface area contributed by atoms with Crippen molar-refractivity contribution in [3.8, 4) is 11.4 Å². The first kappa shape index (κ1) is 21.8. The predicted molar refractivity (Wildman–Crippen MR) is 122 cm³/mol. The summed E-state index contributed by atoms with van der Waals surface area (Å²) in [6, 6.07) is 18.2. The van der Waals surface area contributed by atoms with Gasteiger partial charge in [-0.15, -0.1) is 10.2 Å². The lowest BCUT2D eigenvalue weighted by atomic mass is 10.1. The van der Waals surface area contributed by atoms with Gasteiger partial charge in [-0.25, -0.2) is 4.39 Å². The van der Waals surface area contributed by atoms with Gasteiger partial charge < -0.3 is 9.32 Å². The van der Waals surface area contributed by atoms with Crippen LogP contribution >= 0.6 is 11.8 Å². The minimum Gasteiger partial charge on any atom is -0.467 e. The smallest absolute Gasteiger partial charge is 0.233 e. The molecular formula is C24H23FN4O2S. The number of hydrogen-bond acceptors (Lipinski definition) is 5. The zero-order valence-corrected chi connectivity index (χ0v) is 18.7. The summed E-state index contributed by atoms with van der Waals surface area (Å²) in [5, 5.41) is 9.34. The predicted octanol–water partition coefficient (Wildman–Crippen LogP) is 4.78. The number of thioether (sulfide) groups is 1. The molecule has 4 aromatic rings. The first-order valence-electron chi connectivity index (χ1n) is 10.1. The Hall–Kier alpha value is -3.39. The van der Waals surface area contributed by atoms with Gasteiger partial charge in [0.1, 0.15) is 11.6 Å². The van der Waals surface area contributed by atoms with E-state index >= 15 is 0 Å². The number of nitrogens with zero attached hydrogens (tertiary/aromatic N) is 4. The largest absolute Gasteiger partial charge is 0.467 e. The molecule has 2 aromatic carbocycles. The lowest BCUT2D eigenvalue weighted by molar-refractivity contribution is -0.127. The number of benzene rings is 2. The molecule has 0 fully saturated rings. The van der Waals surface area contributed by atoms with E-state index in [0.717, 1.165) is 16.9 Å². The van der Waals surface area contributed by atoms with Crippen LogP contribution in [0, 0.1) is 12.7 Å². The number of carbonyl (C=O) groups excluding carboxylic acids is 1. The second-order valence-electron chi connectivity index (χ2n) is 7.47. The number of amides is 1. The first-order chi connectivity index (χ1) is 15.5. The van der Waals surface area contributed by atoms with Crippen LogP contribution in [0.4, 0.5) is 4.39 Å². The molecule has 0 N–H and O–H groups in total. The van der Waals surface area contributed by atoms with Gasteiger partial charge in [-0.2, -0.15) is 0 Å². The minimum atomic E-state index is -0.319. The third-order valence-electron chi connectivity index (χ3n) is 5.00. The van der Waals surface area contributed by atoms with Crippen LogP contribution in [0.3, 0.4) is 0 Å². The molecule has 4 rings (SSSR count). The van der Waals surface area contributed by atoms with Crippen molar-refractivity contribution in [3.05, 3.63) is 89.6 Å². The van der Waals surface area contributed by atoms with E-state index in [1.807, 2.05) is 47.9 Å². The van der Waals surface area contributed by atoms with Crippen LogP contribution in [0.25, 0.3) is 11.4 Å². The van der Waals surface area contributed by atoms with E-state index in [1.54, 1.807) is 31.5 Å². The second-order valence-corrected chi connectivity index (χ2v) is 8.41. The van der Waals surface area contributed by atoms with Crippen LogP contribution in [0.15, 0.2) is 76.5 Å². The fourth-order valence-electron chi connectivity index (χ4n) is 3.30. The normalized spacial score (nSPS) is 11.0. The SMILES string of the molecule is Cc1cccc(-c2nnc(SCC(=O)N(C)Cc3ccccc3F)n2Cc2ccco2)c1. The van der Waals surface area contributed by atoms with Crippen LogP contribution < -0.4 is 0 Å². The monoisotopic (exact) mass is 450 g/mol. The van der Waals surface area contributed by atoms with Gasteiger partial charge in [0.15, 0.2) is 11.0 Å². The van der Waals surface area contributed by atoms with Gasteiger partial charge in [-0.3, -0.25) is 9.36 Å². The molecule has 2 aromatic heterocycles. The molecule has 1 amide bonds. The van der Waals surface area contributed by atoms with Crippen LogP contribution in [0.5, 0.6) is 0 Å². The van der Waals surface area contributed by atoms with Crippen molar-refractivity contribution < 1.29 is 13.6 Å². The van der Waals surface area contributed by atoms with E-state index in [4.69, 9.17) is 4.42 Å². The summed E-state index contributed by atoms with van der Waals surface area (Å²) in [5.74, 6) is 1.20. The van der Waals surface area contributed by atoms with Gasteiger partial charge in [0.05, 0.1) is 18.6 Å². The van der Waals surface area contributed by atoms with Crippen molar-refractivity contribution in [2.75, 3.05) is 12.8 Å². The maximum atomic E-state index is 13.9. The summed E-state index contributed by atoms with van der Waals surface area (Å²) in [7, 11) is 1.67. The number of aromatic nitrogens is 3. The van der Waals surface area contributed by atoms with E-state index in [2.05, 4.69) is 10.2 Å². The number of halogens is 1. The van der Waals surface area contributed by atoms with Crippen LogP contribution in [-0.2, 0) is 17.9 Å². The van der Waals surface area contributed by atoms with Crippen molar-refractivity contribution in [2.45, 2.75) is 25.2 Å². The molecule has 0 bridgehead atoms. The number of furan rings is 1. The second kappa shape index (κ2) is 9.82. The fourth-order valence-corrected chi connectivity index (χ4v) is 4.18. The summed E-state index contributed by atoms with van der Waals surface area (Å²) in [6.45, 7) is 2.68. The summed E-state index contributed by atoms with van der Waals surface area (Å²) < 4.78 is 21.4. The van der Waals surface area contributed by atoms with Crippen molar-refractivity contribution in [3.63, 3.8) is 0 Å². The van der Waals surface area contributed by atoms with E-state index in [1.165, 1.54) is 22.7 Å². The minimum absolute atomic E-state index is 0.122. The Balaban J connectivity index is 1.51. The lowest BCUT2D eigenvalue weighted by Gasteiger charge is -2.17. The summed E-state index contributed by atoms with van der Waals surface area (Å²) in [5.41, 5.74) is 2.55. The third-order valence-corrected chi connectivity index (χ3v) is 5.95. The number of carbonyl (C=O) groups is 1. The fraction of sp³-hybridized carbons (Fsp3) is 0.208. The van der Waals surface area contributed by atoms with Gasteiger partial charge in [-0.1, -0.05) is 53.7 Å². The van der Waals surface area contributed by atoms with Crippen LogP contribution in [0.2, 0.25) is 0 Å². The Labute approximate surface area is 190 Å². The Kier molecular flexibility index (Phi) is 6.70. The lowest BCUT2D eigenvalue weighted by Crippen LogP contribution is -2.28. The number of rotatable bonds is 8. The van der Waals surface area contributed by atoms with Gasteiger partial charge in [-0.05, 0) is 31.2 Å². The molecular weight excluding hydrogens is 427 g/mol. The molecule has 8 heteroatoms. The van der Waals surface area contributed by atoms with E-state index in [-0.39, 0.29) is 24.0 Å². The highest BCUT2D eigenvalue weighted by Gasteiger charge is 2.19. The number of aryl methyl sites for hydroxylation is 1.